The van der Waals surface area contributed by atoms with Crippen LogP contribution < -0.4 is 10.5 Å². The lowest BCUT2D eigenvalue weighted by atomic mass is 9.95. The van der Waals surface area contributed by atoms with Crippen LogP contribution in [0.3, 0.4) is 0 Å². The Hall–Kier alpha value is -1.74. The molecule has 2 rings (SSSR count). The van der Waals surface area contributed by atoms with Gasteiger partial charge in [-0.3, -0.25) is 0 Å². The highest BCUT2D eigenvalue weighted by molar-refractivity contribution is 5.45. The normalized spacial score (nSPS) is 12.4. The monoisotopic (exact) mass is 273 g/mol. The number of para-hydroxylation sites is 1. The van der Waals surface area contributed by atoms with E-state index in [0.717, 1.165) is 40.4 Å². The lowest BCUT2D eigenvalue weighted by Gasteiger charge is -2.17. The first-order valence-electron chi connectivity index (χ1n) is 7.10. The van der Waals surface area contributed by atoms with Gasteiger partial charge in [0.1, 0.15) is 17.3 Å². The van der Waals surface area contributed by atoms with Gasteiger partial charge in [0.2, 0.25) is 0 Å². The van der Waals surface area contributed by atoms with Gasteiger partial charge in [0.25, 0.3) is 0 Å². The summed E-state index contributed by atoms with van der Waals surface area (Å²) in [6.45, 7) is 8.78. The summed E-state index contributed by atoms with van der Waals surface area (Å²) >= 11 is 0. The topological polar surface area (TPSA) is 48.4 Å². The van der Waals surface area contributed by atoms with Crippen LogP contribution in [0.4, 0.5) is 0 Å². The molecule has 1 atom stereocenters. The van der Waals surface area contributed by atoms with Gasteiger partial charge in [-0.25, -0.2) is 0 Å². The maximum absolute atomic E-state index is 6.46. The van der Waals surface area contributed by atoms with E-state index in [4.69, 9.17) is 14.9 Å². The largest absolute Gasteiger partial charge is 0.493 e. The van der Waals surface area contributed by atoms with Gasteiger partial charge in [-0.15, -0.1) is 0 Å². The van der Waals surface area contributed by atoms with Crippen molar-refractivity contribution in [1.29, 1.82) is 0 Å². The average Bonchev–Trinajstić information content (AvgIpc) is 2.69. The van der Waals surface area contributed by atoms with Crippen LogP contribution in [-0.2, 0) is 0 Å². The summed E-state index contributed by atoms with van der Waals surface area (Å²) in [4.78, 5) is 0. The molecule has 2 aromatic rings. The van der Waals surface area contributed by atoms with Gasteiger partial charge in [0.15, 0.2) is 0 Å². The molecule has 1 aromatic carbocycles. The van der Waals surface area contributed by atoms with Crippen LogP contribution in [0.25, 0.3) is 0 Å². The minimum absolute atomic E-state index is 0.222. The van der Waals surface area contributed by atoms with Gasteiger partial charge in [-0.1, -0.05) is 25.1 Å². The van der Waals surface area contributed by atoms with Gasteiger partial charge in [-0.2, -0.15) is 0 Å². The van der Waals surface area contributed by atoms with Crippen LogP contribution in [-0.4, -0.2) is 6.61 Å². The Bertz CT molecular complexity index is 587. The van der Waals surface area contributed by atoms with Crippen molar-refractivity contribution < 1.29 is 9.15 Å². The third-order valence-electron chi connectivity index (χ3n) is 3.64. The fraction of sp³-hybridized carbons (Fsp3) is 0.412. The third-order valence-corrected chi connectivity index (χ3v) is 3.64. The number of aryl methyl sites for hydroxylation is 2. The van der Waals surface area contributed by atoms with E-state index in [1.165, 1.54) is 0 Å². The minimum atomic E-state index is -0.222. The molecule has 108 valence electrons. The van der Waals surface area contributed by atoms with E-state index < -0.39 is 0 Å². The second kappa shape index (κ2) is 6.14. The standard InChI is InChI=1S/C17H23NO2/c1-5-10-19-15-9-7-6-8-14(15)17(18)16-11(2)12(3)20-13(16)4/h6-9,17H,5,10,18H2,1-4H3. The molecule has 0 saturated carbocycles. The molecule has 1 unspecified atom stereocenters. The second-order valence-electron chi connectivity index (χ2n) is 5.12. The van der Waals surface area contributed by atoms with Crippen LogP contribution in [0.5, 0.6) is 5.75 Å². The van der Waals surface area contributed by atoms with Crippen LogP contribution in [0.1, 0.15) is 47.6 Å². The van der Waals surface area contributed by atoms with Crippen LogP contribution in [0.15, 0.2) is 28.7 Å². The Kier molecular flexibility index (Phi) is 4.50. The fourth-order valence-corrected chi connectivity index (χ4v) is 2.50. The Labute approximate surface area is 120 Å². The number of ether oxygens (including phenoxy) is 1. The first-order chi connectivity index (χ1) is 9.56. The molecular weight excluding hydrogens is 250 g/mol. The van der Waals surface area contributed by atoms with Crippen molar-refractivity contribution >= 4 is 0 Å². The molecule has 2 N–H and O–H groups in total. The molecule has 0 aliphatic heterocycles. The quantitative estimate of drug-likeness (QED) is 0.894. The number of rotatable bonds is 5. The molecule has 0 radical (unpaired) electrons. The summed E-state index contributed by atoms with van der Waals surface area (Å²) in [5.74, 6) is 2.68. The first-order valence-corrected chi connectivity index (χ1v) is 7.10. The van der Waals surface area contributed by atoms with Crippen LogP contribution in [0.2, 0.25) is 0 Å². The lowest BCUT2D eigenvalue weighted by Crippen LogP contribution is -2.15. The zero-order chi connectivity index (χ0) is 14.7. The molecule has 0 spiro atoms. The smallest absolute Gasteiger partial charge is 0.124 e. The zero-order valence-electron chi connectivity index (χ0n) is 12.7. The molecule has 1 aromatic heterocycles. The Morgan fingerprint density at radius 1 is 1.15 bits per heavy atom. The molecular formula is C17H23NO2. The van der Waals surface area contributed by atoms with Gasteiger partial charge < -0.3 is 14.9 Å². The molecule has 0 fully saturated rings. The summed E-state index contributed by atoms with van der Waals surface area (Å²) < 4.78 is 11.5. The maximum Gasteiger partial charge on any atom is 0.124 e. The molecule has 3 nitrogen and oxygen atoms in total. The summed E-state index contributed by atoms with van der Waals surface area (Å²) in [7, 11) is 0. The highest BCUT2D eigenvalue weighted by Gasteiger charge is 2.21. The number of hydrogen-bond donors (Lipinski definition) is 1. The fourth-order valence-electron chi connectivity index (χ4n) is 2.50. The van der Waals surface area contributed by atoms with Crippen molar-refractivity contribution in [1.82, 2.24) is 0 Å². The average molecular weight is 273 g/mol. The van der Waals surface area contributed by atoms with E-state index in [1.54, 1.807) is 0 Å². The minimum Gasteiger partial charge on any atom is -0.493 e. The highest BCUT2D eigenvalue weighted by atomic mass is 16.5. The number of furan rings is 1. The molecule has 0 bridgehead atoms. The van der Waals surface area contributed by atoms with Crippen molar-refractivity contribution in [2.75, 3.05) is 6.61 Å². The molecule has 0 saturated heterocycles. The van der Waals surface area contributed by atoms with Crippen molar-refractivity contribution in [2.24, 2.45) is 5.73 Å². The van der Waals surface area contributed by atoms with E-state index in [9.17, 15) is 0 Å². The van der Waals surface area contributed by atoms with E-state index in [1.807, 2.05) is 38.1 Å². The predicted octanol–water partition coefficient (Wildman–Crippen LogP) is 4.04. The highest BCUT2D eigenvalue weighted by Crippen LogP contribution is 2.34. The second-order valence-corrected chi connectivity index (χ2v) is 5.12. The van der Waals surface area contributed by atoms with Gasteiger partial charge >= 0.3 is 0 Å². The number of benzene rings is 1. The van der Waals surface area contributed by atoms with E-state index in [0.29, 0.717) is 6.61 Å². The Morgan fingerprint density at radius 3 is 2.45 bits per heavy atom. The van der Waals surface area contributed by atoms with Crippen LogP contribution >= 0.6 is 0 Å². The predicted molar refractivity (Wildman–Crippen MR) is 81.2 cm³/mol. The van der Waals surface area contributed by atoms with Crippen molar-refractivity contribution in [3.63, 3.8) is 0 Å². The summed E-state index contributed by atoms with van der Waals surface area (Å²) in [6.07, 6.45) is 0.979. The molecule has 20 heavy (non-hydrogen) atoms. The first kappa shape index (κ1) is 14.7. The summed E-state index contributed by atoms with van der Waals surface area (Å²) in [5, 5.41) is 0. The SMILES string of the molecule is CCCOc1ccccc1C(N)c1c(C)oc(C)c1C. The molecule has 0 aliphatic rings. The Morgan fingerprint density at radius 2 is 1.85 bits per heavy atom. The Balaban J connectivity index is 2.40. The summed E-state index contributed by atoms with van der Waals surface area (Å²) in [5.41, 5.74) is 9.66. The number of hydrogen-bond acceptors (Lipinski definition) is 3. The van der Waals surface area contributed by atoms with Crippen LogP contribution in [0, 0.1) is 20.8 Å². The molecule has 1 heterocycles. The van der Waals surface area contributed by atoms with Crippen molar-refractivity contribution in [2.45, 2.75) is 40.2 Å². The van der Waals surface area contributed by atoms with Gasteiger partial charge in [0.05, 0.1) is 12.6 Å². The van der Waals surface area contributed by atoms with Gasteiger partial charge in [0, 0.05) is 11.1 Å². The molecule has 0 amide bonds. The van der Waals surface area contributed by atoms with Gasteiger partial charge in [-0.05, 0) is 38.8 Å². The lowest BCUT2D eigenvalue weighted by molar-refractivity contribution is 0.313. The van der Waals surface area contributed by atoms with E-state index >= 15 is 0 Å². The number of nitrogens with two attached hydrogens (primary N) is 1. The summed E-state index contributed by atoms with van der Waals surface area (Å²) in [6, 6.07) is 7.74. The maximum atomic E-state index is 6.46. The zero-order valence-corrected chi connectivity index (χ0v) is 12.7. The van der Waals surface area contributed by atoms with E-state index in [2.05, 4.69) is 13.8 Å². The van der Waals surface area contributed by atoms with E-state index in [-0.39, 0.29) is 6.04 Å². The molecule has 0 aliphatic carbocycles. The van der Waals surface area contributed by atoms with Crippen molar-refractivity contribution in [3.8, 4) is 5.75 Å². The third kappa shape index (κ3) is 2.73. The van der Waals surface area contributed by atoms with Crippen molar-refractivity contribution in [3.05, 3.63) is 52.5 Å². The molecule has 3 heteroatoms.